The van der Waals surface area contributed by atoms with Gasteiger partial charge in [0.05, 0.1) is 23.7 Å². The van der Waals surface area contributed by atoms with Crippen LogP contribution in [0.4, 0.5) is 13.2 Å². The van der Waals surface area contributed by atoms with Gasteiger partial charge < -0.3 is 19.8 Å². The molecule has 2 aliphatic heterocycles. The van der Waals surface area contributed by atoms with E-state index in [4.69, 9.17) is 9.47 Å². The van der Waals surface area contributed by atoms with Crippen molar-refractivity contribution in [2.24, 2.45) is 0 Å². The van der Waals surface area contributed by atoms with Crippen molar-refractivity contribution in [3.05, 3.63) is 59.4 Å². The van der Waals surface area contributed by atoms with Crippen molar-refractivity contribution in [3.63, 3.8) is 0 Å². The Balaban J connectivity index is 1.35. The van der Waals surface area contributed by atoms with Crippen LogP contribution in [-0.2, 0) is 20.7 Å². The number of hydrogen-bond donors (Lipinski definition) is 2. The van der Waals surface area contributed by atoms with E-state index in [-0.39, 0.29) is 17.6 Å². The Kier molecular flexibility index (Phi) is 6.33. The van der Waals surface area contributed by atoms with Crippen LogP contribution in [0.3, 0.4) is 0 Å². The second-order valence-corrected chi connectivity index (χ2v) is 9.11. The molecule has 11 heteroatoms. The van der Waals surface area contributed by atoms with Crippen LogP contribution in [0.5, 0.6) is 5.75 Å². The molecule has 3 unspecified atom stereocenters. The molecule has 3 atom stereocenters. The number of ether oxygens (including phenoxy) is 2. The number of imidazole rings is 1. The minimum Gasteiger partial charge on any atom is -0.493 e. The zero-order chi connectivity index (χ0) is 25.4. The number of benzene rings is 2. The van der Waals surface area contributed by atoms with Gasteiger partial charge in [0.1, 0.15) is 11.6 Å². The Morgan fingerprint density at radius 1 is 1.25 bits per heavy atom. The Labute approximate surface area is 204 Å². The summed E-state index contributed by atoms with van der Waals surface area (Å²) in [6.07, 6.45) is -5.34. The Bertz CT molecular complexity index is 1260. The van der Waals surface area contributed by atoms with Crippen molar-refractivity contribution in [2.75, 3.05) is 20.2 Å². The summed E-state index contributed by atoms with van der Waals surface area (Å²) in [6, 6.07) is 11.7. The highest BCUT2D eigenvalue weighted by atomic mass is 19.4. The first kappa shape index (κ1) is 24.1. The topological polar surface area (TPSA) is 96.6 Å². The molecule has 0 aliphatic carbocycles. The molecule has 3 aromatic rings. The third-order valence-electron chi connectivity index (χ3n) is 6.65. The fourth-order valence-electron chi connectivity index (χ4n) is 4.76. The number of H-pyrrole nitrogens is 1. The lowest BCUT2D eigenvalue weighted by molar-refractivity contribution is -0.205. The monoisotopic (exact) mass is 502 g/mol. The minimum atomic E-state index is -5.22. The molecule has 0 radical (unpaired) electrons. The molecule has 0 bridgehead atoms. The van der Waals surface area contributed by atoms with Gasteiger partial charge in [0.15, 0.2) is 0 Å². The summed E-state index contributed by atoms with van der Waals surface area (Å²) in [5.74, 6) is -1.87. The highest BCUT2D eigenvalue weighted by Gasteiger charge is 2.44. The van der Waals surface area contributed by atoms with Crippen molar-refractivity contribution in [1.82, 2.24) is 20.2 Å². The summed E-state index contributed by atoms with van der Waals surface area (Å²) < 4.78 is 49.1. The third-order valence-corrected chi connectivity index (χ3v) is 6.65. The smallest absolute Gasteiger partial charge is 0.490 e. The molecule has 1 saturated heterocycles. The lowest BCUT2D eigenvalue weighted by Crippen LogP contribution is -2.47. The van der Waals surface area contributed by atoms with Crippen molar-refractivity contribution >= 4 is 22.9 Å². The molecule has 1 amide bonds. The van der Waals surface area contributed by atoms with Crippen LogP contribution < -0.4 is 10.1 Å². The Morgan fingerprint density at radius 2 is 2.06 bits per heavy atom. The van der Waals surface area contributed by atoms with Gasteiger partial charge in [0.25, 0.3) is 5.91 Å². The number of hydrogen-bond acceptors (Lipinski definition) is 6. The number of piperidine rings is 1. The number of nitrogens with zero attached hydrogens (tertiary/aromatic N) is 2. The van der Waals surface area contributed by atoms with Gasteiger partial charge in [0, 0.05) is 24.6 Å². The SMILES string of the molecule is CN1CCC(NC(=O)C(OC(=O)C(F)(F)F)c2ccc3c(c2)CCO3)CC1c1nc2ccccc2[nH]1. The van der Waals surface area contributed by atoms with Crippen LogP contribution in [0.2, 0.25) is 0 Å². The van der Waals surface area contributed by atoms with Crippen LogP contribution in [0.15, 0.2) is 42.5 Å². The number of fused-ring (bicyclic) bond motifs is 2. The lowest BCUT2D eigenvalue weighted by atomic mass is 9.96. The zero-order valence-electron chi connectivity index (χ0n) is 19.5. The van der Waals surface area contributed by atoms with Crippen LogP contribution in [0.25, 0.3) is 11.0 Å². The molecule has 5 rings (SSSR count). The fraction of sp³-hybridized carbons (Fsp3) is 0.400. The summed E-state index contributed by atoms with van der Waals surface area (Å²) in [5, 5.41) is 2.81. The maximum atomic E-state index is 13.2. The molecule has 0 spiro atoms. The summed E-state index contributed by atoms with van der Waals surface area (Å²) in [5.41, 5.74) is 2.63. The van der Waals surface area contributed by atoms with Crippen LogP contribution in [0.1, 0.15) is 41.9 Å². The number of likely N-dealkylation sites (tertiary alicyclic amines) is 1. The average Bonchev–Trinajstić information content (AvgIpc) is 3.49. The molecular formula is C25H25F3N4O4. The van der Waals surface area contributed by atoms with Crippen LogP contribution in [-0.4, -0.2) is 59.2 Å². The second-order valence-electron chi connectivity index (χ2n) is 9.11. The number of carbonyl (C=O) groups is 2. The largest absolute Gasteiger partial charge is 0.493 e. The molecule has 3 heterocycles. The molecular weight excluding hydrogens is 477 g/mol. The van der Waals surface area contributed by atoms with Crippen molar-refractivity contribution in [3.8, 4) is 5.75 Å². The highest BCUT2D eigenvalue weighted by Crippen LogP contribution is 2.33. The standard InChI is InChI=1S/C25H25F3N4O4/c1-32-10-8-16(13-19(32)22-30-17-4-2-3-5-18(17)31-22)29-23(33)21(36-24(34)25(26,27)28)15-6-7-20-14(12-15)9-11-35-20/h2-7,12,16,19,21H,8-11,13H2,1H3,(H,29,33)(H,30,31). The van der Waals surface area contributed by atoms with Gasteiger partial charge >= 0.3 is 12.1 Å². The number of aromatic amines is 1. The van der Waals surface area contributed by atoms with E-state index in [0.717, 1.165) is 22.4 Å². The normalized spacial score (nSPS) is 21.0. The number of nitrogens with one attached hydrogen (secondary N) is 2. The Morgan fingerprint density at radius 3 is 2.83 bits per heavy atom. The molecule has 2 aromatic carbocycles. The van der Waals surface area contributed by atoms with Crippen LogP contribution in [0, 0.1) is 0 Å². The van der Waals surface area contributed by atoms with Crippen molar-refractivity contribution in [2.45, 2.75) is 43.6 Å². The van der Waals surface area contributed by atoms with E-state index in [1.54, 1.807) is 12.1 Å². The lowest BCUT2D eigenvalue weighted by Gasteiger charge is -2.36. The van der Waals surface area contributed by atoms with Gasteiger partial charge in [-0.2, -0.15) is 13.2 Å². The molecule has 0 saturated carbocycles. The number of alkyl halides is 3. The number of esters is 1. The molecule has 2 N–H and O–H groups in total. The molecule has 8 nitrogen and oxygen atoms in total. The highest BCUT2D eigenvalue weighted by molar-refractivity contribution is 5.86. The first-order valence-electron chi connectivity index (χ1n) is 11.7. The van der Waals surface area contributed by atoms with E-state index < -0.39 is 24.2 Å². The number of carbonyl (C=O) groups excluding carboxylic acids is 2. The quantitative estimate of drug-likeness (QED) is 0.518. The van der Waals surface area contributed by atoms with E-state index in [9.17, 15) is 22.8 Å². The maximum absolute atomic E-state index is 13.2. The van der Waals surface area contributed by atoms with Gasteiger partial charge in [-0.25, -0.2) is 9.78 Å². The molecule has 1 fully saturated rings. The summed E-state index contributed by atoms with van der Waals surface area (Å²) in [4.78, 5) is 35.0. The molecule has 36 heavy (non-hydrogen) atoms. The number of para-hydroxylation sites is 2. The summed E-state index contributed by atoms with van der Waals surface area (Å²) in [7, 11) is 1.95. The maximum Gasteiger partial charge on any atom is 0.490 e. The number of rotatable bonds is 5. The van der Waals surface area contributed by atoms with E-state index in [1.165, 1.54) is 6.07 Å². The van der Waals surface area contributed by atoms with E-state index >= 15 is 0 Å². The van der Waals surface area contributed by atoms with Gasteiger partial charge in [0.2, 0.25) is 6.10 Å². The minimum absolute atomic E-state index is 0.134. The summed E-state index contributed by atoms with van der Waals surface area (Å²) >= 11 is 0. The van der Waals surface area contributed by atoms with Gasteiger partial charge in [-0.3, -0.25) is 9.69 Å². The van der Waals surface area contributed by atoms with Gasteiger partial charge in [-0.1, -0.05) is 18.2 Å². The van der Waals surface area contributed by atoms with Crippen molar-refractivity contribution in [1.29, 1.82) is 0 Å². The van der Waals surface area contributed by atoms with E-state index in [2.05, 4.69) is 20.2 Å². The number of halogens is 3. The van der Waals surface area contributed by atoms with E-state index in [1.807, 2.05) is 31.3 Å². The zero-order valence-corrected chi connectivity index (χ0v) is 19.5. The summed E-state index contributed by atoms with van der Waals surface area (Å²) in [6.45, 7) is 1.08. The number of aromatic nitrogens is 2. The second kappa shape index (κ2) is 9.45. The first-order chi connectivity index (χ1) is 17.2. The fourth-order valence-corrected chi connectivity index (χ4v) is 4.76. The first-order valence-corrected chi connectivity index (χ1v) is 11.7. The average molecular weight is 502 g/mol. The predicted molar refractivity (Wildman–Crippen MR) is 123 cm³/mol. The predicted octanol–water partition coefficient (Wildman–Crippen LogP) is 3.60. The van der Waals surface area contributed by atoms with Gasteiger partial charge in [-0.05, 0) is 49.7 Å². The molecule has 190 valence electrons. The van der Waals surface area contributed by atoms with Crippen molar-refractivity contribution < 1.29 is 32.2 Å². The van der Waals surface area contributed by atoms with Crippen LogP contribution >= 0.6 is 0 Å². The molecule has 1 aromatic heterocycles. The number of amides is 1. The molecule has 2 aliphatic rings. The van der Waals surface area contributed by atoms with Gasteiger partial charge in [-0.15, -0.1) is 0 Å². The van der Waals surface area contributed by atoms with E-state index in [0.29, 0.717) is 38.2 Å². The Hall–Kier alpha value is -3.60. The third kappa shape index (κ3) is 4.88.